The van der Waals surface area contributed by atoms with Crippen molar-refractivity contribution in [3.8, 4) is 0 Å². The summed E-state index contributed by atoms with van der Waals surface area (Å²) in [6, 6.07) is 15.7. The van der Waals surface area contributed by atoms with Gasteiger partial charge in [0.1, 0.15) is 11.6 Å². The molecule has 8 rings (SSSR count). The van der Waals surface area contributed by atoms with Gasteiger partial charge in [0.15, 0.2) is 0 Å². The van der Waals surface area contributed by atoms with Crippen molar-refractivity contribution in [3.05, 3.63) is 93.2 Å². The van der Waals surface area contributed by atoms with Crippen LogP contribution in [-0.2, 0) is 37.6 Å². The summed E-state index contributed by atoms with van der Waals surface area (Å²) in [6.45, 7) is 9.14. The van der Waals surface area contributed by atoms with Gasteiger partial charge in [0.05, 0.1) is 65.8 Å². The normalized spacial score (nSPS) is 18.7. The summed E-state index contributed by atoms with van der Waals surface area (Å²) in [5.41, 5.74) is 17.1. The summed E-state index contributed by atoms with van der Waals surface area (Å²) in [4.78, 5) is 80.9. The number of anilines is 4. The zero-order chi connectivity index (χ0) is 48.3. The van der Waals surface area contributed by atoms with Gasteiger partial charge in [-0.25, -0.2) is 19.9 Å². The maximum absolute atomic E-state index is 14.3. The molecule has 68 heavy (non-hydrogen) atoms. The van der Waals surface area contributed by atoms with Gasteiger partial charge in [-0.2, -0.15) is 0 Å². The molecule has 3 atom stereocenters. The zero-order valence-electron chi connectivity index (χ0n) is 39.8. The molecule has 0 spiro atoms. The van der Waals surface area contributed by atoms with Crippen molar-refractivity contribution in [2.75, 3.05) is 76.0 Å². The monoisotopic (exact) mass is 958 g/mol. The molecule has 2 aromatic carbocycles. The first-order valence-electron chi connectivity index (χ1n) is 23.4. The largest absolute Gasteiger partial charge is 0.383 e. The molecule has 0 saturated carbocycles. The van der Waals surface area contributed by atoms with Gasteiger partial charge in [-0.15, -0.1) is 22.7 Å². The third-order valence-electron chi connectivity index (χ3n) is 13.5. The Balaban J connectivity index is 0.907. The van der Waals surface area contributed by atoms with Crippen LogP contribution in [0.15, 0.2) is 60.9 Å². The summed E-state index contributed by atoms with van der Waals surface area (Å²) in [7, 11) is 6.23. The molecule has 6 N–H and O–H groups in total. The number of carbonyl (C=O) groups excluding carboxylic acids is 4. The summed E-state index contributed by atoms with van der Waals surface area (Å²) < 4.78 is 2.18. The number of thiazole rings is 2. The van der Waals surface area contributed by atoms with Gasteiger partial charge in [-0.3, -0.25) is 19.2 Å². The van der Waals surface area contributed by atoms with Crippen LogP contribution >= 0.6 is 22.7 Å². The van der Waals surface area contributed by atoms with E-state index in [1.54, 1.807) is 51.5 Å². The van der Waals surface area contributed by atoms with E-state index >= 15 is 0 Å². The molecule has 2 fully saturated rings. The molecule has 358 valence electrons. The smallest absolute Gasteiger partial charge is 0.313 e. The molecule has 0 aliphatic carbocycles. The SMILES string of the molecule is Cc1cc(NC(=O)C(=O)N2CCCC[C@H]2c2ccc3sc(CCN(C)CC[C@H]4CC[C@@](C)(c5ccc6sc(CCN(C)C)nc6c5)N(C(=O)C(=O)Nc5cnc(N)c(C)c5)C4)nc3c2)cnc1N. The second kappa shape index (κ2) is 20.6. The van der Waals surface area contributed by atoms with Gasteiger partial charge in [0.25, 0.3) is 0 Å². The third-order valence-corrected chi connectivity index (χ3v) is 15.7. The second-order valence-electron chi connectivity index (χ2n) is 18.9. The number of nitrogen functional groups attached to an aromatic ring is 2. The van der Waals surface area contributed by atoms with Crippen LogP contribution in [0.2, 0.25) is 0 Å². The molecule has 18 heteroatoms. The number of piperidine rings is 2. The van der Waals surface area contributed by atoms with Crippen LogP contribution in [0.5, 0.6) is 0 Å². The van der Waals surface area contributed by atoms with Crippen LogP contribution in [0.4, 0.5) is 23.0 Å². The van der Waals surface area contributed by atoms with Crippen LogP contribution in [0.25, 0.3) is 20.4 Å². The van der Waals surface area contributed by atoms with Crippen molar-refractivity contribution < 1.29 is 19.2 Å². The van der Waals surface area contributed by atoms with Crippen LogP contribution < -0.4 is 22.1 Å². The Morgan fingerprint density at radius 1 is 0.765 bits per heavy atom. The highest BCUT2D eigenvalue weighted by Crippen LogP contribution is 2.42. The number of amides is 4. The summed E-state index contributed by atoms with van der Waals surface area (Å²) in [5.74, 6) is -1.64. The van der Waals surface area contributed by atoms with Gasteiger partial charge in [-0.1, -0.05) is 12.1 Å². The third kappa shape index (κ3) is 10.9. The van der Waals surface area contributed by atoms with Crippen LogP contribution in [0, 0.1) is 19.8 Å². The summed E-state index contributed by atoms with van der Waals surface area (Å²) in [6.07, 6.45) is 9.55. The fraction of sp³-hybridized carbons (Fsp3) is 0.440. The molecule has 2 saturated heterocycles. The number of nitrogens with one attached hydrogen (secondary N) is 2. The molecule has 2 aliphatic heterocycles. The van der Waals surface area contributed by atoms with E-state index in [0.29, 0.717) is 48.1 Å². The number of nitrogens with two attached hydrogens (primary N) is 2. The number of pyridine rings is 2. The van der Waals surface area contributed by atoms with E-state index in [1.807, 2.05) is 6.92 Å². The fourth-order valence-corrected chi connectivity index (χ4v) is 11.2. The van der Waals surface area contributed by atoms with E-state index in [4.69, 9.17) is 21.4 Å². The first kappa shape index (κ1) is 48.4. The minimum Gasteiger partial charge on any atom is -0.383 e. The lowest BCUT2D eigenvalue weighted by atomic mass is 9.77. The highest BCUT2D eigenvalue weighted by atomic mass is 32.1. The molecule has 6 heterocycles. The predicted molar refractivity (Wildman–Crippen MR) is 271 cm³/mol. The van der Waals surface area contributed by atoms with E-state index in [2.05, 4.69) is 94.9 Å². The lowest BCUT2D eigenvalue weighted by molar-refractivity contribution is -0.150. The number of benzene rings is 2. The van der Waals surface area contributed by atoms with Crippen molar-refractivity contribution >= 4 is 89.7 Å². The Hall–Kier alpha value is -6.08. The number of rotatable bonds is 13. The zero-order valence-corrected chi connectivity index (χ0v) is 41.4. The minimum absolute atomic E-state index is 0.181. The Kier molecular flexibility index (Phi) is 14.7. The molecule has 0 radical (unpaired) electrons. The number of likely N-dealkylation sites (tertiary alicyclic amines) is 2. The van der Waals surface area contributed by atoms with Gasteiger partial charge < -0.3 is 41.7 Å². The maximum atomic E-state index is 14.3. The van der Waals surface area contributed by atoms with E-state index in [9.17, 15) is 19.2 Å². The average molecular weight is 959 g/mol. The Morgan fingerprint density at radius 3 is 2.00 bits per heavy atom. The topological polar surface area (TPSA) is 209 Å². The minimum atomic E-state index is -0.727. The van der Waals surface area contributed by atoms with E-state index < -0.39 is 29.2 Å². The Bertz CT molecular complexity index is 2850. The highest BCUT2D eigenvalue weighted by molar-refractivity contribution is 7.18. The van der Waals surface area contributed by atoms with E-state index in [-0.39, 0.29) is 12.0 Å². The molecular formula is C50H62N12O4S2. The highest BCUT2D eigenvalue weighted by Gasteiger charge is 2.44. The number of aryl methyl sites for hydroxylation is 2. The molecule has 0 unspecified atom stereocenters. The number of nitrogens with zero attached hydrogens (tertiary/aromatic N) is 8. The van der Waals surface area contributed by atoms with Crippen LogP contribution in [-0.4, -0.2) is 117 Å². The fourth-order valence-electron chi connectivity index (χ4n) is 9.31. The molecule has 0 bridgehead atoms. The Morgan fingerprint density at radius 2 is 1.37 bits per heavy atom. The van der Waals surface area contributed by atoms with Gasteiger partial charge in [-0.05, 0) is 152 Å². The van der Waals surface area contributed by atoms with Crippen molar-refractivity contribution in [1.29, 1.82) is 0 Å². The molecule has 4 amide bonds. The van der Waals surface area contributed by atoms with Crippen molar-refractivity contribution in [2.45, 2.75) is 83.7 Å². The quantitative estimate of drug-likeness (QED) is 0.0870. The number of aromatic nitrogens is 4. The molecule has 4 aromatic heterocycles. The number of hydrogen-bond acceptors (Lipinski definition) is 14. The number of carbonyl (C=O) groups is 4. The standard InChI is InChI=1S/C50H62N12O4S2/c1-30-23-35(27-53-44(30)51)55-46(63)48(65)61-19-8-7-9-39(61)33-10-12-40-37(25-33)57-43(67-40)17-22-60(6)21-15-32-14-18-50(3,34-11-13-41-38(26-34)58-42(68-41)16-20-59(4)5)62(29-32)49(66)47(64)56-36-24-31(2)45(52)54-28-36/h10-13,23-28,32,39H,7-9,14-22,29H2,1-6H3,(H2,51,53)(H2,52,54)(H,55,63)(H,56,64)/t32-,39+,50+/m1/s1. The molecule has 2 aliphatic rings. The molecule has 16 nitrogen and oxygen atoms in total. The lowest BCUT2D eigenvalue weighted by Gasteiger charge is -2.48. The Labute approximate surface area is 405 Å². The van der Waals surface area contributed by atoms with E-state index in [1.165, 1.54) is 12.4 Å². The molecular weight excluding hydrogens is 897 g/mol. The first-order chi connectivity index (χ1) is 32.5. The summed E-state index contributed by atoms with van der Waals surface area (Å²) >= 11 is 3.37. The first-order valence-corrected chi connectivity index (χ1v) is 25.0. The van der Waals surface area contributed by atoms with Gasteiger partial charge >= 0.3 is 23.6 Å². The van der Waals surface area contributed by atoms with Crippen LogP contribution in [0.3, 0.4) is 0 Å². The van der Waals surface area contributed by atoms with Gasteiger partial charge in [0, 0.05) is 39.0 Å². The number of likely N-dealkylation sites (N-methyl/N-ethyl adjacent to an activating group) is 2. The van der Waals surface area contributed by atoms with Crippen molar-refractivity contribution in [2.24, 2.45) is 5.92 Å². The predicted octanol–water partition coefficient (Wildman–Crippen LogP) is 6.93. The lowest BCUT2D eigenvalue weighted by Crippen LogP contribution is -2.56. The van der Waals surface area contributed by atoms with Crippen molar-refractivity contribution in [1.82, 2.24) is 39.5 Å². The van der Waals surface area contributed by atoms with Gasteiger partial charge in [0.2, 0.25) is 0 Å². The average Bonchev–Trinajstić information content (AvgIpc) is 3.95. The number of fused-ring (bicyclic) bond motifs is 2. The summed E-state index contributed by atoms with van der Waals surface area (Å²) in [5, 5.41) is 7.59. The van der Waals surface area contributed by atoms with Crippen molar-refractivity contribution in [3.63, 3.8) is 0 Å². The van der Waals surface area contributed by atoms with E-state index in [0.717, 1.165) is 112 Å². The molecule has 6 aromatic rings. The maximum Gasteiger partial charge on any atom is 0.313 e. The second-order valence-corrected chi connectivity index (χ2v) is 21.1. The number of hydrogen-bond donors (Lipinski definition) is 4. The van der Waals surface area contributed by atoms with Crippen LogP contribution in [0.1, 0.15) is 83.8 Å².